The van der Waals surface area contributed by atoms with E-state index < -0.39 is 5.82 Å². The van der Waals surface area contributed by atoms with Gasteiger partial charge in [-0.25, -0.2) is 4.39 Å². The highest BCUT2D eigenvalue weighted by Gasteiger charge is 2.06. The Labute approximate surface area is 122 Å². The average molecular weight is 280 g/mol. The van der Waals surface area contributed by atoms with Gasteiger partial charge in [-0.2, -0.15) is 5.26 Å². The maximum Gasteiger partial charge on any atom is 0.135 e. The monoisotopic (exact) mass is 280 g/mol. The van der Waals surface area contributed by atoms with Gasteiger partial charge in [0.2, 0.25) is 0 Å². The van der Waals surface area contributed by atoms with Gasteiger partial charge in [-0.05, 0) is 30.3 Å². The van der Waals surface area contributed by atoms with Crippen molar-refractivity contribution in [3.05, 3.63) is 65.0 Å². The molecule has 0 radical (unpaired) electrons. The van der Waals surface area contributed by atoms with Crippen LogP contribution >= 0.6 is 0 Å². The number of hydrogen-bond acceptors (Lipinski definition) is 3. The van der Waals surface area contributed by atoms with E-state index in [9.17, 15) is 4.39 Å². The third-order valence-electron chi connectivity index (χ3n) is 2.77. The van der Waals surface area contributed by atoms with Gasteiger partial charge in [0, 0.05) is 5.56 Å². The van der Waals surface area contributed by atoms with Gasteiger partial charge in [0.05, 0.1) is 23.7 Å². The highest BCUT2D eigenvalue weighted by Crippen LogP contribution is 2.19. The van der Waals surface area contributed by atoms with Crippen molar-refractivity contribution in [1.82, 2.24) is 0 Å². The fraction of sp³-hybridized carbons (Fsp3) is 0.118. The maximum atomic E-state index is 13.7. The van der Waals surface area contributed by atoms with Gasteiger partial charge in [0.25, 0.3) is 0 Å². The summed E-state index contributed by atoms with van der Waals surface area (Å²) in [6.45, 7) is 0.288. The summed E-state index contributed by atoms with van der Waals surface area (Å²) >= 11 is 0. The minimum absolute atomic E-state index is 0.0304. The van der Waals surface area contributed by atoms with E-state index in [2.05, 4.69) is 11.8 Å². The minimum atomic E-state index is -0.403. The molecular formula is C17H13FN2O. The summed E-state index contributed by atoms with van der Waals surface area (Å²) in [7, 11) is 0. The van der Waals surface area contributed by atoms with Crippen LogP contribution in [0.2, 0.25) is 0 Å². The zero-order valence-electron chi connectivity index (χ0n) is 11.3. The van der Waals surface area contributed by atoms with Crippen molar-refractivity contribution in [2.45, 2.75) is 6.61 Å². The number of nitrogens with zero attached hydrogens (tertiary/aromatic N) is 1. The van der Waals surface area contributed by atoms with Crippen LogP contribution in [0.25, 0.3) is 0 Å². The molecule has 0 aliphatic heterocycles. The Balaban J connectivity index is 2.19. The average Bonchev–Trinajstić information content (AvgIpc) is 2.53. The van der Waals surface area contributed by atoms with Gasteiger partial charge in [-0.15, -0.1) is 0 Å². The van der Waals surface area contributed by atoms with Crippen molar-refractivity contribution < 1.29 is 9.13 Å². The summed E-state index contributed by atoms with van der Waals surface area (Å²) in [4.78, 5) is 0. The lowest BCUT2D eigenvalue weighted by atomic mass is 10.1. The molecule has 0 amide bonds. The van der Waals surface area contributed by atoms with E-state index in [0.29, 0.717) is 22.4 Å². The van der Waals surface area contributed by atoms with E-state index >= 15 is 0 Å². The van der Waals surface area contributed by atoms with E-state index in [1.165, 1.54) is 18.2 Å². The van der Waals surface area contributed by atoms with Crippen LogP contribution in [0.3, 0.4) is 0 Å². The number of nitrogens with two attached hydrogens (primary N) is 1. The molecule has 4 heteroatoms. The molecule has 3 nitrogen and oxygen atoms in total. The zero-order chi connectivity index (χ0) is 15.1. The molecule has 0 spiro atoms. The van der Waals surface area contributed by atoms with Crippen molar-refractivity contribution in [1.29, 1.82) is 5.26 Å². The van der Waals surface area contributed by atoms with Gasteiger partial charge in [-0.1, -0.05) is 24.0 Å². The van der Waals surface area contributed by atoms with E-state index in [0.717, 1.165) is 0 Å². The lowest BCUT2D eigenvalue weighted by Crippen LogP contribution is -2.01. The molecule has 0 fully saturated rings. The smallest absolute Gasteiger partial charge is 0.135 e. The second-order valence-corrected chi connectivity index (χ2v) is 4.21. The lowest BCUT2D eigenvalue weighted by Gasteiger charge is -2.09. The van der Waals surface area contributed by atoms with Crippen LogP contribution < -0.4 is 10.5 Å². The Morgan fingerprint density at radius 1 is 1.19 bits per heavy atom. The van der Waals surface area contributed by atoms with Crippen LogP contribution in [-0.2, 0) is 6.61 Å². The molecule has 0 aliphatic rings. The molecule has 0 unspecified atom stereocenters. The standard InChI is InChI=1S/C17H13FN2O/c18-16-8-7-13(11-20)10-15(16)12-21-17-6-2-1-4-14(17)5-3-9-19/h1-2,4,6-8,10H,9,12,19H2. The van der Waals surface area contributed by atoms with Crippen LogP contribution in [-0.4, -0.2) is 6.54 Å². The molecule has 2 rings (SSSR count). The minimum Gasteiger partial charge on any atom is -0.487 e. The van der Waals surface area contributed by atoms with Crippen molar-refractivity contribution in [2.24, 2.45) is 5.73 Å². The molecule has 2 N–H and O–H groups in total. The number of benzene rings is 2. The summed E-state index contributed by atoms with van der Waals surface area (Å²) in [5.74, 6) is 5.81. The molecule has 0 atom stereocenters. The Bertz CT molecular complexity index is 738. The first-order valence-electron chi connectivity index (χ1n) is 6.34. The first kappa shape index (κ1) is 14.6. The highest BCUT2D eigenvalue weighted by atomic mass is 19.1. The fourth-order valence-electron chi connectivity index (χ4n) is 1.75. The first-order valence-corrected chi connectivity index (χ1v) is 6.34. The molecule has 0 aliphatic carbocycles. The third-order valence-corrected chi connectivity index (χ3v) is 2.77. The van der Waals surface area contributed by atoms with E-state index in [-0.39, 0.29) is 13.2 Å². The van der Waals surface area contributed by atoms with Crippen molar-refractivity contribution in [2.75, 3.05) is 6.54 Å². The summed E-state index contributed by atoms with van der Waals surface area (Å²) in [5, 5.41) is 8.84. The van der Waals surface area contributed by atoms with Crippen molar-refractivity contribution in [3.63, 3.8) is 0 Å². The molecule has 2 aromatic rings. The Morgan fingerprint density at radius 3 is 2.76 bits per heavy atom. The topological polar surface area (TPSA) is 59.0 Å². The molecular weight excluding hydrogens is 267 g/mol. The maximum absolute atomic E-state index is 13.7. The van der Waals surface area contributed by atoms with Crippen molar-refractivity contribution >= 4 is 0 Å². The van der Waals surface area contributed by atoms with Crippen LogP contribution in [0.4, 0.5) is 4.39 Å². The van der Waals surface area contributed by atoms with Crippen LogP contribution in [0.15, 0.2) is 42.5 Å². The number of hydrogen-bond donors (Lipinski definition) is 1. The molecule has 0 heterocycles. The number of nitriles is 1. The van der Waals surface area contributed by atoms with Crippen LogP contribution in [0, 0.1) is 29.0 Å². The van der Waals surface area contributed by atoms with Crippen molar-refractivity contribution in [3.8, 4) is 23.7 Å². The second-order valence-electron chi connectivity index (χ2n) is 4.21. The predicted octanol–water partition coefficient (Wildman–Crippen LogP) is 2.59. The SMILES string of the molecule is N#Cc1ccc(F)c(COc2ccccc2C#CCN)c1. The third kappa shape index (κ3) is 3.82. The molecule has 0 saturated heterocycles. The predicted molar refractivity (Wildman–Crippen MR) is 77.8 cm³/mol. The molecule has 104 valence electrons. The van der Waals surface area contributed by atoms with Crippen LogP contribution in [0.5, 0.6) is 5.75 Å². The van der Waals surface area contributed by atoms with E-state index in [1.54, 1.807) is 12.1 Å². The highest BCUT2D eigenvalue weighted by molar-refractivity contribution is 5.46. The molecule has 21 heavy (non-hydrogen) atoms. The number of para-hydroxylation sites is 1. The molecule has 0 bridgehead atoms. The summed E-state index contributed by atoms with van der Waals surface area (Å²) < 4.78 is 19.3. The normalized spacial score (nSPS) is 9.38. The first-order chi connectivity index (χ1) is 10.2. The number of halogens is 1. The Hall–Kier alpha value is -2.82. The summed E-state index contributed by atoms with van der Waals surface area (Å²) in [6.07, 6.45) is 0. The molecule has 0 aromatic heterocycles. The summed E-state index contributed by atoms with van der Waals surface area (Å²) in [5.41, 5.74) is 6.77. The largest absolute Gasteiger partial charge is 0.487 e. The number of rotatable bonds is 3. The van der Waals surface area contributed by atoms with Gasteiger partial charge >= 0.3 is 0 Å². The lowest BCUT2D eigenvalue weighted by molar-refractivity contribution is 0.299. The second kappa shape index (κ2) is 7.09. The quantitative estimate of drug-likeness (QED) is 0.879. The Morgan fingerprint density at radius 2 is 2.00 bits per heavy atom. The van der Waals surface area contributed by atoms with E-state index in [4.69, 9.17) is 15.7 Å². The zero-order valence-corrected chi connectivity index (χ0v) is 11.3. The molecule has 2 aromatic carbocycles. The Kier molecular flexibility index (Phi) is 4.93. The van der Waals surface area contributed by atoms with Crippen LogP contribution in [0.1, 0.15) is 16.7 Å². The van der Waals surface area contributed by atoms with E-state index in [1.807, 2.05) is 18.2 Å². The fourth-order valence-corrected chi connectivity index (χ4v) is 1.75. The van der Waals surface area contributed by atoms with Gasteiger partial charge in [0.1, 0.15) is 18.2 Å². The molecule has 0 saturated carbocycles. The number of ether oxygens (including phenoxy) is 1. The van der Waals surface area contributed by atoms with Gasteiger partial charge in [0.15, 0.2) is 0 Å². The van der Waals surface area contributed by atoms with Gasteiger partial charge < -0.3 is 10.5 Å². The van der Waals surface area contributed by atoms with Gasteiger partial charge in [-0.3, -0.25) is 0 Å². The summed E-state index contributed by atoms with van der Waals surface area (Å²) in [6, 6.07) is 13.4.